The van der Waals surface area contributed by atoms with Crippen LogP contribution in [0.5, 0.6) is 0 Å². The Morgan fingerprint density at radius 1 is 0.964 bits per heavy atom. The molecule has 0 bridgehead atoms. The minimum absolute atomic E-state index is 0.0145. The predicted molar refractivity (Wildman–Crippen MR) is 111 cm³/mol. The molecule has 28 heavy (non-hydrogen) atoms. The number of nitrogens with zero attached hydrogens (tertiary/aromatic N) is 2. The molecule has 1 fully saturated rings. The van der Waals surface area contributed by atoms with E-state index in [1.165, 1.54) is 5.56 Å². The fourth-order valence-corrected chi connectivity index (χ4v) is 3.49. The Hall–Kier alpha value is -2.66. The van der Waals surface area contributed by atoms with E-state index in [1.54, 1.807) is 0 Å². The minimum Gasteiger partial charge on any atom is -0.348 e. The first-order valence-corrected chi connectivity index (χ1v) is 10.0. The average Bonchev–Trinajstić information content (AvgIpc) is 2.74. The maximum absolute atomic E-state index is 12.5. The Balaban J connectivity index is 1.45. The first-order valence-electron chi connectivity index (χ1n) is 10.0. The van der Waals surface area contributed by atoms with Crippen molar-refractivity contribution in [3.8, 4) is 0 Å². The van der Waals surface area contributed by atoms with Gasteiger partial charge in [0.1, 0.15) is 0 Å². The van der Waals surface area contributed by atoms with E-state index in [0.717, 1.165) is 17.5 Å². The van der Waals surface area contributed by atoms with Crippen molar-refractivity contribution in [1.29, 1.82) is 0 Å². The van der Waals surface area contributed by atoms with Gasteiger partial charge in [0, 0.05) is 31.7 Å². The van der Waals surface area contributed by atoms with Crippen LogP contribution in [0.15, 0.2) is 54.6 Å². The number of hydrogen-bond acceptors (Lipinski definition) is 3. The van der Waals surface area contributed by atoms with Crippen LogP contribution < -0.4 is 5.32 Å². The van der Waals surface area contributed by atoms with Gasteiger partial charge in [-0.3, -0.25) is 14.5 Å². The zero-order chi connectivity index (χ0) is 19.9. The van der Waals surface area contributed by atoms with Crippen molar-refractivity contribution >= 4 is 11.8 Å². The van der Waals surface area contributed by atoms with E-state index in [-0.39, 0.29) is 17.9 Å². The van der Waals surface area contributed by atoms with Gasteiger partial charge in [0.25, 0.3) is 5.91 Å². The zero-order valence-electron chi connectivity index (χ0n) is 16.7. The second kappa shape index (κ2) is 9.51. The molecule has 1 aliphatic heterocycles. The average molecular weight is 380 g/mol. The van der Waals surface area contributed by atoms with E-state index in [9.17, 15) is 9.59 Å². The van der Waals surface area contributed by atoms with E-state index in [2.05, 4.69) is 41.4 Å². The van der Waals surface area contributed by atoms with Crippen molar-refractivity contribution in [3.63, 3.8) is 0 Å². The fourth-order valence-electron chi connectivity index (χ4n) is 3.49. The number of amides is 2. The molecular weight excluding hydrogens is 350 g/mol. The van der Waals surface area contributed by atoms with Crippen LogP contribution in [0.2, 0.25) is 0 Å². The Morgan fingerprint density at radius 2 is 1.61 bits per heavy atom. The lowest BCUT2D eigenvalue weighted by atomic mass is 10.0. The van der Waals surface area contributed by atoms with Gasteiger partial charge in [0.2, 0.25) is 5.91 Å². The summed E-state index contributed by atoms with van der Waals surface area (Å²) in [6, 6.07) is 17.7. The van der Waals surface area contributed by atoms with Crippen LogP contribution in [0.4, 0.5) is 0 Å². The summed E-state index contributed by atoms with van der Waals surface area (Å²) < 4.78 is 0. The molecule has 0 radical (unpaired) electrons. The lowest BCUT2D eigenvalue weighted by Crippen LogP contribution is -2.51. The van der Waals surface area contributed by atoms with Crippen molar-refractivity contribution in [1.82, 2.24) is 15.1 Å². The SMILES string of the molecule is CCc1ccc([C@@H](C)NC(=O)CN2CCN(C(=O)c3ccccc3)CC2)cc1. The van der Waals surface area contributed by atoms with Crippen LogP contribution in [-0.2, 0) is 11.2 Å². The van der Waals surface area contributed by atoms with Gasteiger partial charge in [-0.1, -0.05) is 49.4 Å². The largest absolute Gasteiger partial charge is 0.348 e. The Morgan fingerprint density at radius 3 is 2.21 bits per heavy atom. The maximum Gasteiger partial charge on any atom is 0.253 e. The molecule has 1 saturated heterocycles. The number of nitrogens with one attached hydrogen (secondary N) is 1. The fraction of sp³-hybridized carbons (Fsp3) is 0.391. The van der Waals surface area contributed by atoms with E-state index in [0.29, 0.717) is 32.7 Å². The predicted octanol–water partition coefficient (Wildman–Crippen LogP) is 2.88. The Labute approximate surface area is 167 Å². The smallest absolute Gasteiger partial charge is 0.253 e. The van der Waals surface area contributed by atoms with E-state index in [4.69, 9.17) is 0 Å². The van der Waals surface area contributed by atoms with Crippen molar-refractivity contribution in [3.05, 3.63) is 71.3 Å². The summed E-state index contributed by atoms with van der Waals surface area (Å²) in [5, 5.41) is 3.08. The van der Waals surface area contributed by atoms with Gasteiger partial charge in [0.15, 0.2) is 0 Å². The lowest BCUT2D eigenvalue weighted by molar-refractivity contribution is -0.123. The molecule has 1 heterocycles. The normalized spacial score (nSPS) is 15.9. The second-order valence-electron chi connectivity index (χ2n) is 7.32. The van der Waals surface area contributed by atoms with Gasteiger partial charge in [-0.25, -0.2) is 0 Å². The van der Waals surface area contributed by atoms with Gasteiger partial charge in [-0.2, -0.15) is 0 Å². The van der Waals surface area contributed by atoms with E-state index < -0.39 is 0 Å². The highest BCUT2D eigenvalue weighted by Gasteiger charge is 2.23. The number of benzene rings is 2. The van der Waals surface area contributed by atoms with Gasteiger partial charge in [0.05, 0.1) is 12.6 Å². The highest BCUT2D eigenvalue weighted by molar-refractivity contribution is 5.94. The molecule has 0 aliphatic carbocycles. The number of hydrogen-bond donors (Lipinski definition) is 1. The van der Waals surface area contributed by atoms with Crippen LogP contribution >= 0.6 is 0 Å². The number of piperazine rings is 1. The number of carbonyl (C=O) groups is 2. The summed E-state index contributed by atoms with van der Waals surface area (Å²) >= 11 is 0. The lowest BCUT2D eigenvalue weighted by Gasteiger charge is -2.34. The molecule has 0 saturated carbocycles. The first-order chi connectivity index (χ1) is 13.6. The Bertz CT molecular complexity index is 781. The molecule has 2 amide bonds. The molecule has 1 N–H and O–H groups in total. The van der Waals surface area contributed by atoms with Crippen molar-refractivity contribution in [2.24, 2.45) is 0 Å². The van der Waals surface area contributed by atoms with Crippen molar-refractivity contribution in [2.75, 3.05) is 32.7 Å². The molecule has 1 atom stereocenters. The Kier molecular flexibility index (Phi) is 6.82. The molecular formula is C23H29N3O2. The van der Waals surface area contributed by atoms with Gasteiger partial charge < -0.3 is 10.2 Å². The summed E-state index contributed by atoms with van der Waals surface area (Å²) in [6.07, 6.45) is 1.01. The van der Waals surface area contributed by atoms with Crippen LogP contribution in [0.25, 0.3) is 0 Å². The summed E-state index contributed by atoms with van der Waals surface area (Å²) in [4.78, 5) is 28.9. The summed E-state index contributed by atoms with van der Waals surface area (Å²) in [7, 11) is 0. The topological polar surface area (TPSA) is 52.7 Å². The van der Waals surface area contributed by atoms with E-state index in [1.807, 2.05) is 42.2 Å². The van der Waals surface area contributed by atoms with E-state index >= 15 is 0 Å². The first kappa shape index (κ1) is 20.1. The molecule has 1 aliphatic rings. The van der Waals surface area contributed by atoms with Gasteiger partial charge in [-0.05, 0) is 36.6 Å². The third-order valence-corrected chi connectivity index (χ3v) is 5.31. The third-order valence-electron chi connectivity index (χ3n) is 5.31. The summed E-state index contributed by atoms with van der Waals surface area (Å²) in [5.41, 5.74) is 3.13. The van der Waals surface area contributed by atoms with Crippen molar-refractivity contribution in [2.45, 2.75) is 26.3 Å². The monoisotopic (exact) mass is 379 g/mol. The third kappa shape index (κ3) is 5.20. The molecule has 5 heteroatoms. The molecule has 2 aromatic rings. The highest BCUT2D eigenvalue weighted by Crippen LogP contribution is 2.14. The van der Waals surface area contributed by atoms with Crippen LogP contribution in [0.1, 0.15) is 41.4 Å². The number of carbonyl (C=O) groups excluding carboxylic acids is 2. The standard InChI is InChI=1S/C23H29N3O2/c1-3-19-9-11-20(12-10-19)18(2)24-22(27)17-25-13-15-26(16-14-25)23(28)21-7-5-4-6-8-21/h4-12,18H,3,13-17H2,1-2H3,(H,24,27)/t18-/m1/s1. The van der Waals surface area contributed by atoms with Gasteiger partial charge >= 0.3 is 0 Å². The van der Waals surface area contributed by atoms with Crippen LogP contribution in [0, 0.1) is 0 Å². The summed E-state index contributed by atoms with van der Waals surface area (Å²) in [5.74, 6) is 0.0868. The molecule has 3 rings (SSSR count). The zero-order valence-corrected chi connectivity index (χ0v) is 16.7. The van der Waals surface area contributed by atoms with Crippen LogP contribution in [0.3, 0.4) is 0 Å². The molecule has 0 aromatic heterocycles. The molecule has 0 unspecified atom stereocenters. The second-order valence-corrected chi connectivity index (χ2v) is 7.32. The quantitative estimate of drug-likeness (QED) is 0.840. The highest BCUT2D eigenvalue weighted by atomic mass is 16.2. The molecule has 0 spiro atoms. The van der Waals surface area contributed by atoms with Gasteiger partial charge in [-0.15, -0.1) is 0 Å². The van der Waals surface area contributed by atoms with Crippen molar-refractivity contribution < 1.29 is 9.59 Å². The van der Waals surface area contributed by atoms with Crippen LogP contribution in [-0.4, -0.2) is 54.3 Å². The summed E-state index contributed by atoms with van der Waals surface area (Å²) in [6.45, 7) is 7.23. The maximum atomic E-state index is 12.5. The number of rotatable bonds is 6. The minimum atomic E-state index is -0.0145. The molecule has 2 aromatic carbocycles. The molecule has 5 nitrogen and oxygen atoms in total. The number of aryl methyl sites for hydroxylation is 1. The molecule has 148 valence electrons.